The van der Waals surface area contributed by atoms with Gasteiger partial charge in [0.1, 0.15) is 18.1 Å². The molecule has 0 saturated carbocycles. The molecule has 1 unspecified atom stereocenters. The quantitative estimate of drug-likeness (QED) is 0.789. The molecule has 3 N–H and O–H groups in total. The van der Waals surface area contributed by atoms with Gasteiger partial charge in [-0.05, 0) is 17.5 Å². The number of aliphatic hydroxyl groups excluding tert-OH is 1. The zero-order chi connectivity index (χ0) is 13.1. The summed E-state index contributed by atoms with van der Waals surface area (Å²) in [4.78, 5) is 0. The summed E-state index contributed by atoms with van der Waals surface area (Å²) in [5, 5.41) is 9.85. The Bertz CT molecular complexity index is 371. The topological polar surface area (TPSA) is 64.7 Å². The molecule has 1 aromatic carbocycles. The van der Waals surface area contributed by atoms with Crippen LogP contribution in [0, 0.1) is 5.41 Å². The van der Waals surface area contributed by atoms with E-state index in [-0.39, 0.29) is 12.0 Å². The van der Waals surface area contributed by atoms with E-state index in [9.17, 15) is 5.11 Å². The van der Waals surface area contributed by atoms with Gasteiger partial charge in [-0.15, -0.1) is 0 Å². The lowest BCUT2D eigenvalue weighted by atomic mass is 9.90. The van der Waals surface area contributed by atoms with Gasteiger partial charge in [0.2, 0.25) is 0 Å². The summed E-state index contributed by atoms with van der Waals surface area (Å²) < 4.78 is 10.5. The number of benzene rings is 1. The van der Waals surface area contributed by atoms with E-state index in [0.717, 1.165) is 0 Å². The average molecular weight is 239 g/mol. The van der Waals surface area contributed by atoms with Crippen LogP contribution in [-0.2, 0) is 0 Å². The lowest BCUT2D eigenvalue weighted by Gasteiger charge is -2.25. The van der Waals surface area contributed by atoms with Gasteiger partial charge in [-0.1, -0.05) is 20.8 Å². The van der Waals surface area contributed by atoms with Crippen molar-refractivity contribution in [3.05, 3.63) is 18.2 Å². The molecule has 0 fully saturated rings. The van der Waals surface area contributed by atoms with Gasteiger partial charge in [0.05, 0.1) is 18.9 Å². The van der Waals surface area contributed by atoms with Crippen molar-refractivity contribution < 1.29 is 14.6 Å². The highest BCUT2D eigenvalue weighted by Gasteiger charge is 2.22. The van der Waals surface area contributed by atoms with E-state index in [1.807, 2.05) is 20.8 Å². The first-order valence-corrected chi connectivity index (χ1v) is 5.59. The Morgan fingerprint density at radius 3 is 2.47 bits per heavy atom. The van der Waals surface area contributed by atoms with Crippen molar-refractivity contribution in [3.63, 3.8) is 0 Å². The molecular weight excluding hydrogens is 218 g/mol. The van der Waals surface area contributed by atoms with Crippen LogP contribution in [0.15, 0.2) is 18.2 Å². The van der Waals surface area contributed by atoms with Crippen LogP contribution >= 0.6 is 0 Å². The van der Waals surface area contributed by atoms with Gasteiger partial charge in [-0.3, -0.25) is 0 Å². The molecule has 1 aromatic rings. The van der Waals surface area contributed by atoms with Crippen LogP contribution in [0.4, 0.5) is 5.69 Å². The summed E-state index contributed by atoms with van der Waals surface area (Å²) in [7, 11) is 1.58. The Kier molecular flexibility index (Phi) is 4.23. The lowest BCUT2D eigenvalue weighted by Crippen LogP contribution is -2.32. The Balaban J connectivity index is 2.64. The van der Waals surface area contributed by atoms with Crippen molar-refractivity contribution in [1.82, 2.24) is 0 Å². The predicted octanol–water partition coefficient (Wildman–Crippen LogP) is 2.06. The second-order valence-electron chi connectivity index (χ2n) is 5.10. The molecule has 0 aliphatic rings. The van der Waals surface area contributed by atoms with Crippen LogP contribution in [0.1, 0.15) is 20.8 Å². The molecular formula is C13H21NO3. The Hall–Kier alpha value is -1.42. The summed E-state index contributed by atoms with van der Waals surface area (Å²) >= 11 is 0. The van der Waals surface area contributed by atoms with Crippen molar-refractivity contribution in [2.24, 2.45) is 5.41 Å². The normalized spacial score (nSPS) is 13.2. The maximum Gasteiger partial charge on any atom is 0.142 e. The van der Waals surface area contributed by atoms with E-state index < -0.39 is 6.10 Å². The third-order valence-electron chi connectivity index (χ3n) is 2.61. The minimum Gasteiger partial charge on any atom is -0.497 e. The molecule has 96 valence electrons. The fourth-order valence-corrected chi connectivity index (χ4v) is 1.20. The number of rotatable bonds is 4. The molecule has 0 aliphatic heterocycles. The van der Waals surface area contributed by atoms with Crippen LogP contribution in [0.25, 0.3) is 0 Å². The molecule has 0 amide bonds. The zero-order valence-corrected chi connectivity index (χ0v) is 10.9. The number of hydrogen-bond acceptors (Lipinski definition) is 4. The maximum atomic E-state index is 9.85. The summed E-state index contributed by atoms with van der Waals surface area (Å²) in [5.41, 5.74) is 6.10. The summed E-state index contributed by atoms with van der Waals surface area (Å²) in [5.74, 6) is 1.25. The Labute approximate surface area is 102 Å². The zero-order valence-electron chi connectivity index (χ0n) is 10.9. The minimum atomic E-state index is -0.538. The summed E-state index contributed by atoms with van der Waals surface area (Å²) in [6, 6.07) is 5.21. The molecule has 0 aliphatic carbocycles. The molecule has 4 heteroatoms. The summed E-state index contributed by atoms with van der Waals surface area (Å²) in [6.45, 7) is 6.09. The van der Waals surface area contributed by atoms with Crippen molar-refractivity contribution >= 4 is 5.69 Å². The lowest BCUT2D eigenvalue weighted by molar-refractivity contribution is 0.0220. The molecule has 1 rings (SSSR count). The fraction of sp³-hybridized carbons (Fsp3) is 0.538. The molecule has 0 saturated heterocycles. The number of anilines is 1. The number of nitrogen functional groups attached to an aromatic ring is 1. The van der Waals surface area contributed by atoms with Crippen molar-refractivity contribution in [2.75, 3.05) is 19.5 Å². The van der Waals surface area contributed by atoms with Crippen LogP contribution in [0.2, 0.25) is 0 Å². The van der Waals surface area contributed by atoms with Crippen LogP contribution in [0.5, 0.6) is 11.5 Å². The van der Waals surface area contributed by atoms with Gasteiger partial charge < -0.3 is 20.3 Å². The highest BCUT2D eigenvalue weighted by atomic mass is 16.5. The van der Waals surface area contributed by atoms with Gasteiger partial charge in [-0.2, -0.15) is 0 Å². The van der Waals surface area contributed by atoms with E-state index in [2.05, 4.69) is 0 Å². The third-order valence-corrected chi connectivity index (χ3v) is 2.61. The SMILES string of the molecule is COc1ccc(OCC(O)C(C)(C)C)c(N)c1. The van der Waals surface area contributed by atoms with E-state index >= 15 is 0 Å². The van der Waals surface area contributed by atoms with Crippen molar-refractivity contribution in [2.45, 2.75) is 26.9 Å². The van der Waals surface area contributed by atoms with Gasteiger partial charge in [0.15, 0.2) is 0 Å². The first kappa shape index (κ1) is 13.6. The molecule has 17 heavy (non-hydrogen) atoms. The first-order valence-electron chi connectivity index (χ1n) is 5.59. The Morgan fingerprint density at radius 1 is 1.35 bits per heavy atom. The first-order chi connectivity index (χ1) is 7.84. The maximum absolute atomic E-state index is 9.85. The van der Waals surface area contributed by atoms with Crippen molar-refractivity contribution in [1.29, 1.82) is 0 Å². The standard InChI is InChI=1S/C13H21NO3/c1-13(2,3)12(15)8-17-11-6-5-9(16-4)7-10(11)14/h5-7,12,15H,8,14H2,1-4H3. The second-order valence-corrected chi connectivity index (χ2v) is 5.10. The second kappa shape index (κ2) is 5.27. The predicted molar refractivity (Wildman–Crippen MR) is 68.4 cm³/mol. The van der Waals surface area contributed by atoms with Crippen molar-refractivity contribution in [3.8, 4) is 11.5 Å². The number of ether oxygens (including phenoxy) is 2. The minimum absolute atomic E-state index is 0.207. The molecule has 0 aromatic heterocycles. The molecule has 0 heterocycles. The molecule has 0 spiro atoms. The number of methoxy groups -OCH3 is 1. The molecule has 0 bridgehead atoms. The number of aliphatic hydroxyl groups is 1. The smallest absolute Gasteiger partial charge is 0.142 e. The molecule has 1 atom stereocenters. The highest BCUT2D eigenvalue weighted by molar-refractivity contribution is 5.56. The Morgan fingerprint density at radius 2 is 2.00 bits per heavy atom. The largest absolute Gasteiger partial charge is 0.497 e. The van der Waals surface area contributed by atoms with Gasteiger partial charge in [0.25, 0.3) is 0 Å². The van der Waals surface area contributed by atoms with E-state index in [0.29, 0.717) is 17.2 Å². The third kappa shape index (κ3) is 3.82. The number of hydrogen-bond donors (Lipinski definition) is 2. The van der Waals surface area contributed by atoms with E-state index in [4.69, 9.17) is 15.2 Å². The van der Waals surface area contributed by atoms with Gasteiger partial charge >= 0.3 is 0 Å². The monoisotopic (exact) mass is 239 g/mol. The fourth-order valence-electron chi connectivity index (χ4n) is 1.20. The van der Waals surface area contributed by atoms with Crippen LogP contribution < -0.4 is 15.2 Å². The average Bonchev–Trinajstić information content (AvgIpc) is 2.25. The van der Waals surface area contributed by atoms with Gasteiger partial charge in [-0.25, -0.2) is 0 Å². The summed E-state index contributed by atoms with van der Waals surface area (Å²) in [6.07, 6.45) is -0.538. The van der Waals surface area contributed by atoms with Crippen LogP contribution in [-0.4, -0.2) is 24.9 Å². The van der Waals surface area contributed by atoms with Crippen LogP contribution in [0.3, 0.4) is 0 Å². The number of nitrogens with two attached hydrogens (primary N) is 1. The van der Waals surface area contributed by atoms with Gasteiger partial charge in [0, 0.05) is 6.07 Å². The highest BCUT2D eigenvalue weighted by Crippen LogP contribution is 2.27. The van der Waals surface area contributed by atoms with E-state index in [1.165, 1.54) is 0 Å². The molecule has 0 radical (unpaired) electrons. The van der Waals surface area contributed by atoms with E-state index in [1.54, 1.807) is 25.3 Å². The molecule has 4 nitrogen and oxygen atoms in total.